The van der Waals surface area contributed by atoms with Gasteiger partial charge in [-0.1, -0.05) is 18.2 Å². The third-order valence-electron chi connectivity index (χ3n) is 4.07. The number of ether oxygens (including phenoxy) is 2. The summed E-state index contributed by atoms with van der Waals surface area (Å²) in [5.74, 6) is 1.01. The van der Waals surface area contributed by atoms with Crippen LogP contribution in [0.4, 0.5) is 0 Å². The zero-order valence-electron chi connectivity index (χ0n) is 11.1. The highest BCUT2D eigenvalue weighted by Crippen LogP contribution is 2.38. The second kappa shape index (κ2) is 4.90. The number of benzene rings is 1. The van der Waals surface area contributed by atoms with Crippen molar-refractivity contribution >= 4 is 0 Å². The van der Waals surface area contributed by atoms with Crippen molar-refractivity contribution in [3.05, 3.63) is 29.8 Å². The molecule has 2 aliphatic heterocycles. The van der Waals surface area contributed by atoms with Gasteiger partial charge < -0.3 is 14.8 Å². The lowest BCUT2D eigenvalue weighted by Crippen LogP contribution is -2.39. The maximum atomic E-state index is 6.13. The van der Waals surface area contributed by atoms with Crippen molar-refractivity contribution in [2.75, 3.05) is 7.05 Å². The molecule has 3 nitrogen and oxygen atoms in total. The van der Waals surface area contributed by atoms with Crippen LogP contribution >= 0.6 is 0 Å². The third-order valence-corrected chi connectivity index (χ3v) is 4.07. The van der Waals surface area contributed by atoms with Crippen LogP contribution in [-0.2, 0) is 4.74 Å². The molecule has 1 N–H and O–H groups in total. The van der Waals surface area contributed by atoms with Crippen LogP contribution in [0, 0.1) is 0 Å². The first-order valence-electron chi connectivity index (χ1n) is 6.86. The van der Waals surface area contributed by atoms with Gasteiger partial charge in [-0.15, -0.1) is 0 Å². The van der Waals surface area contributed by atoms with Gasteiger partial charge in [0.25, 0.3) is 0 Å². The van der Waals surface area contributed by atoms with Gasteiger partial charge in [-0.3, -0.25) is 0 Å². The standard InChI is InChI=1S/C15H21NO2/c1-10-7-8-14(17-10)15-9-12(16-2)11-5-3-4-6-13(11)18-15/h3-6,10,12,14-16H,7-9H2,1-2H3. The van der Waals surface area contributed by atoms with Crippen molar-refractivity contribution in [2.24, 2.45) is 0 Å². The molecule has 3 heteroatoms. The fourth-order valence-electron chi connectivity index (χ4n) is 3.05. The zero-order chi connectivity index (χ0) is 12.5. The van der Waals surface area contributed by atoms with Crippen molar-refractivity contribution in [2.45, 2.75) is 50.5 Å². The molecule has 1 saturated heterocycles. The summed E-state index contributed by atoms with van der Waals surface area (Å²) in [4.78, 5) is 0. The highest BCUT2D eigenvalue weighted by molar-refractivity contribution is 5.38. The van der Waals surface area contributed by atoms with Gasteiger partial charge in [0.1, 0.15) is 11.9 Å². The molecular formula is C15H21NO2. The number of nitrogens with one attached hydrogen (secondary N) is 1. The van der Waals surface area contributed by atoms with Gasteiger partial charge in [0.05, 0.1) is 12.2 Å². The summed E-state index contributed by atoms with van der Waals surface area (Å²) in [6.07, 6.45) is 4.07. The van der Waals surface area contributed by atoms with Crippen LogP contribution in [0.15, 0.2) is 24.3 Å². The second-order valence-corrected chi connectivity index (χ2v) is 5.33. The van der Waals surface area contributed by atoms with Crippen LogP contribution in [0.3, 0.4) is 0 Å². The van der Waals surface area contributed by atoms with Crippen LogP contribution in [0.25, 0.3) is 0 Å². The van der Waals surface area contributed by atoms with Crippen molar-refractivity contribution < 1.29 is 9.47 Å². The maximum absolute atomic E-state index is 6.13. The summed E-state index contributed by atoms with van der Waals surface area (Å²) in [5.41, 5.74) is 1.27. The Morgan fingerprint density at radius 1 is 1.17 bits per heavy atom. The first kappa shape index (κ1) is 12.0. The molecule has 0 bridgehead atoms. The maximum Gasteiger partial charge on any atom is 0.127 e. The van der Waals surface area contributed by atoms with Gasteiger partial charge in [-0.2, -0.15) is 0 Å². The summed E-state index contributed by atoms with van der Waals surface area (Å²) >= 11 is 0. The highest BCUT2D eigenvalue weighted by Gasteiger charge is 2.36. The molecule has 4 atom stereocenters. The van der Waals surface area contributed by atoms with Crippen molar-refractivity contribution in [1.29, 1.82) is 0 Å². The molecule has 4 unspecified atom stereocenters. The Morgan fingerprint density at radius 3 is 2.72 bits per heavy atom. The van der Waals surface area contributed by atoms with Gasteiger partial charge in [-0.05, 0) is 32.9 Å². The fraction of sp³-hybridized carbons (Fsp3) is 0.600. The first-order chi connectivity index (χ1) is 8.78. The summed E-state index contributed by atoms with van der Waals surface area (Å²) in [5, 5.41) is 3.39. The quantitative estimate of drug-likeness (QED) is 0.871. The van der Waals surface area contributed by atoms with E-state index in [1.54, 1.807) is 0 Å². The normalized spacial score (nSPS) is 35.0. The number of hydrogen-bond donors (Lipinski definition) is 1. The van der Waals surface area contributed by atoms with Gasteiger partial charge in [0.15, 0.2) is 0 Å². The molecule has 98 valence electrons. The van der Waals surface area contributed by atoms with E-state index in [0.717, 1.165) is 25.0 Å². The van der Waals surface area contributed by atoms with E-state index in [9.17, 15) is 0 Å². The van der Waals surface area contributed by atoms with Crippen LogP contribution in [0.2, 0.25) is 0 Å². The number of para-hydroxylation sites is 1. The molecule has 0 amide bonds. The van der Waals surface area contributed by atoms with Gasteiger partial charge in [-0.25, -0.2) is 0 Å². The van der Waals surface area contributed by atoms with Crippen LogP contribution < -0.4 is 10.1 Å². The van der Waals surface area contributed by atoms with E-state index in [-0.39, 0.29) is 12.2 Å². The van der Waals surface area contributed by atoms with Gasteiger partial charge >= 0.3 is 0 Å². The Bertz CT molecular complexity index is 421. The van der Waals surface area contributed by atoms with E-state index in [1.165, 1.54) is 5.56 Å². The Balaban J connectivity index is 1.81. The predicted molar refractivity (Wildman–Crippen MR) is 70.8 cm³/mol. The Morgan fingerprint density at radius 2 is 2.00 bits per heavy atom. The van der Waals surface area contributed by atoms with E-state index < -0.39 is 0 Å². The molecule has 0 aromatic heterocycles. The molecule has 1 fully saturated rings. The average molecular weight is 247 g/mol. The van der Waals surface area contributed by atoms with Crippen molar-refractivity contribution in [1.82, 2.24) is 5.32 Å². The summed E-state index contributed by atoms with van der Waals surface area (Å²) in [6.45, 7) is 2.15. The smallest absolute Gasteiger partial charge is 0.127 e. The van der Waals surface area contributed by atoms with Crippen molar-refractivity contribution in [3.8, 4) is 5.75 Å². The summed E-state index contributed by atoms with van der Waals surface area (Å²) < 4.78 is 12.1. The largest absolute Gasteiger partial charge is 0.487 e. The minimum atomic E-state index is 0.183. The average Bonchev–Trinajstić information content (AvgIpc) is 2.84. The van der Waals surface area contributed by atoms with E-state index in [2.05, 4.69) is 30.4 Å². The molecule has 0 aliphatic carbocycles. The lowest BCUT2D eigenvalue weighted by atomic mass is 9.93. The van der Waals surface area contributed by atoms with Gasteiger partial charge in [0.2, 0.25) is 0 Å². The Kier molecular flexibility index (Phi) is 3.27. The van der Waals surface area contributed by atoms with Crippen LogP contribution in [-0.4, -0.2) is 25.4 Å². The summed E-state index contributed by atoms with van der Waals surface area (Å²) in [6, 6.07) is 8.68. The molecule has 1 aromatic carbocycles. The minimum absolute atomic E-state index is 0.183. The number of fused-ring (bicyclic) bond motifs is 1. The molecule has 18 heavy (non-hydrogen) atoms. The van der Waals surface area contributed by atoms with Crippen LogP contribution in [0.5, 0.6) is 5.75 Å². The number of rotatable bonds is 2. The lowest BCUT2D eigenvalue weighted by Gasteiger charge is -2.34. The van der Waals surface area contributed by atoms with E-state index in [1.807, 2.05) is 13.1 Å². The molecule has 2 heterocycles. The zero-order valence-corrected chi connectivity index (χ0v) is 11.1. The lowest BCUT2D eigenvalue weighted by molar-refractivity contribution is -0.0296. The van der Waals surface area contributed by atoms with E-state index in [0.29, 0.717) is 12.1 Å². The predicted octanol–water partition coefficient (Wildman–Crippen LogP) is 2.67. The number of hydrogen-bond acceptors (Lipinski definition) is 3. The first-order valence-corrected chi connectivity index (χ1v) is 6.86. The molecule has 0 radical (unpaired) electrons. The molecule has 3 rings (SSSR count). The second-order valence-electron chi connectivity index (χ2n) is 5.33. The molecule has 0 saturated carbocycles. The Hall–Kier alpha value is -1.06. The molecule has 0 spiro atoms. The Labute approximate surface area is 108 Å². The molecule has 2 aliphatic rings. The summed E-state index contributed by atoms with van der Waals surface area (Å²) in [7, 11) is 2.02. The van der Waals surface area contributed by atoms with E-state index >= 15 is 0 Å². The fourth-order valence-corrected chi connectivity index (χ4v) is 3.05. The van der Waals surface area contributed by atoms with Crippen molar-refractivity contribution in [3.63, 3.8) is 0 Å². The van der Waals surface area contributed by atoms with Crippen LogP contribution in [0.1, 0.15) is 37.8 Å². The monoisotopic (exact) mass is 247 g/mol. The van der Waals surface area contributed by atoms with E-state index in [4.69, 9.17) is 9.47 Å². The third kappa shape index (κ3) is 2.13. The molecule has 1 aromatic rings. The minimum Gasteiger partial charge on any atom is -0.487 e. The molecular weight excluding hydrogens is 226 g/mol. The topological polar surface area (TPSA) is 30.5 Å². The van der Waals surface area contributed by atoms with Gasteiger partial charge in [0, 0.05) is 18.0 Å². The highest BCUT2D eigenvalue weighted by atomic mass is 16.6. The SMILES string of the molecule is CNC1CC(C2CCC(C)O2)Oc2ccccc21.